The van der Waals surface area contributed by atoms with Gasteiger partial charge in [-0.3, -0.25) is 4.99 Å². The van der Waals surface area contributed by atoms with Gasteiger partial charge >= 0.3 is 0 Å². The quantitative estimate of drug-likeness (QED) is 0.327. The van der Waals surface area contributed by atoms with Crippen molar-refractivity contribution < 1.29 is 9.15 Å². The molecule has 1 heterocycles. The van der Waals surface area contributed by atoms with Crippen molar-refractivity contribution in [1.82, 2.24) is 15.6 Å². The molecule has 152 valence electrons. The smallest absolute Gasteiger partial charge is 0.226 e. The van der Waals surface area contributed by atoms with Crippen LogP contribution in [0.4, 0.5) is 0 Å². The van der Waals surface area contributed by atoms with Crippen LogP contribution >= 0.6 is 0 Å². The van der Waals surface area contributed by atoms with Gasteiger partial charge in [-0.05, 0) is 49.1 Å². The zero-order valence-electron chi connectivity index (χ0n) is 17.0. The Balaban J connectivity index is 1.36. The van der Waals surface area contributed by atoms with E-state index in [1.54, 1.807) is 20.4 Å². The minimum absolute atomic E-state index is 0.557. The van der Waals surface area contributed by atoms with Crippen LogP contribution in [0.5, 0.6) is 5.75 Å². The monoisotopic (exact) mass is 392 g/mol. The summed E-state index contributed by atoms with van der Waals surface area (Å²) >= 11 is 0. The van der Waals surface area contributed by atoms with Gasteiger partial charge < -0.3 is 19.8 Å². The fraction of sp³-hybridized carbons (Fsp3) is 0.304. The van der Waals surface area contributed by atoms with Gasteiger partial charge in [-0.15, -0.1) is 0 Å². The second-order valence-electron chi connectivity index (χ2n) is 6.67. The first-order valence-electron chi connectivity index (χ1n) is 9.86. The van der Waals surface area contributed by atoms with Gasteiger partial charge in [-0.1, -0.05) is 30.3 Å². The molecule has 6 nitrogen and oxygen atoms in total. The number of ether oxygens (including phenoxy) is 1. The molecule has 3 aromatic rings. The van der Waals surface area contributed by atoms with Crippen LogP contribution < -0.4 is 15.4 Å². The van der Waals surface area contributed by atoms with Crippen molar-refractivity contribution in [2.75, 3.05) is 20.7 Å². The SMILES string of the molecule is CN=C(NCCCCc1ccc(OC)cc1)NCc1coc(-c2ccccc2)n1. The predicted molar refractivity (Wildman–Crippen MR) is 116 cm³/mol. The molecule has 0 saturated carbocycles. The van der Waals surface area contributed by atoms with Gasteiger partial charge in [0.25, 0.3) is 0 Å². The summed E-state index contributed by atoms with van der Waals surface area (Å²) in [5.74, 6) is 2.29. The lowest BCUT2D eigenvalue weighted by molar-refractivity contribution is 0.414. The molecule has 0 fully saturated rings. The third-order valence-corrected chi connectivity index (χ3v) is 4.58. The second-order valence-corrected chi connectivity index (χ2v) is 6.67. The lowest BCUT2D eigenvalue weighted by Crippen LogP contribution is -2.37. The Morgan fingerprint density at radius 2 is 1.83 bits per heavy atom. The number of methoxy groups -OCH3 is 1. The van der Waals surface area contributed by atoms with Crippen molar-refractivity contribution in [3.8, 4) is 17.2 Å². The average molecular weight is 393 g/mol. The number of rotatable bonds is 9. The van der Waals surface area contributed by atoms with Crippen LogP contribution in [0, 0.1) is 0 Å². The van der Waals surface area contributed by atoms with Gasteiger partial charge in [-0.25, -0.2) is 4.98 Å². The third kappa shape index (κ3) is 6.38. The Kier molecular flexibility index (Phi) is 7.69. The van der Waals surface area contributed by atoms with Crippen LogP contribution in [0.1, 0.15) is 24.1 Å². The highest BCUT2D eigenvalue weighted by Crippen LogP contribution is 2.17. The van der Waals surface area contributed by atoms with E-state index in [1.165, 1.54) is 5.56 Å². The van der Waals surface area contributed by atoms with E-state index in [2.05, 4.69) is 32.7 Å². The van der Waals surface area contributed by atoms with Gasteiger partial charge in [0.1, 0.15) is 12.0 Å². The Labute approximate surface area is 172 Å². The summed E-state index contributed by atoms with van der Waals surface area (Å²) in [6.45, 7) is 1.42. The Morgan fingerprint density at radius 1 is 1.03 bits per heavy atom. The number of oxazole rings is 1. The van der Waals surface area contributed by atoms with Crippen molar-refractivity contribution in [3.05, 3.63) is 72.1 Å². The van der Waals surface area contributed by atoms with Crippen LogP contribution in [0.25, 0.3) is 11.5 Å². The van der Waals surface area contributed by atoms with Crippen LogP contribution in [0.3, 0.4) is 0 Å². The van der Waals surface area contributed by atoms with Crippen molar-refractivity contribution in [2.24, 2.45) is 4.99 Å². The molecule has 29 heavy (non-hydrogen) atoms. The normalized spacial score (nSPS) is 11.3. The molecule has 2 aromatic carbocycles. The maximum Gasteiger partial charge on any atom is 0.226 e. The zero-order chi connectivity index (χ0) is 20.3. The number of aliphatic imine (C=N–C) groups is 1. The Bertz CT molecular complexity index is 889. The van der Waals surface area contributed by atoms with Crippen molar-refractivity contribution in [3.63, 3.8) is 0 Å². The maximum absolute atomic E-state index is 5.57. The number of nitrogens with one attached hydrogen (secondary N) is 2. The molecular formula is C23H28N4O2. The molecule has 0 spiro atoms. The second kappa shape index (κ2) is 10.9. The van der Waals surface area contributed by atoms with Crippen LogP contribution in [-0.2, 0) is 13.0 Å². The van der Waals surface area contributed by atoms with E-state index in [9.17, 15) is 0 Å². The van der Waals surface area contributed by atoms with Gasteiger partial charge in [-0.2, -0.15) is 0 Å². The average Bonchev–Trinajstić information content (AvgIpc) is 3.26. The summed E-state index contributed by atoms with van der Waals surface area (Å²) in [6, 6.07) is 18.1. The fourth-order valence-corrected chi connectivity index (χ4v) is 2.95. The predicted octanol–water partition coefficient (Wildman–Crippen LogP) is 4.04. The molecule has 0 amide bonds. The summed E-state index contributed by atoms with van der Waals surface area (Å²) in [7, 11) is 3.46. The number of aryl methyl sites for hydroxylation is 1. The molecular weight excluding hydrogens is 364 g/mol. The summed E-state index contributed by atoms with van der Waals surface area (Å²) < 4.78 is 10.8. The van der Waals surface area contributed by atoms with E-state index in [1.807, 2.05) is 42.5 Å². The maximum atomic E-state index is 5.57. The number of nitrogens with zero attached hydrogens (tertiary/aromatic N) is 2. The first kappa shape index (κ1) is 20.5. The number of hydrogen-bond acceptors (Lipinski definition) is 4. The molecule has 0 saturated heterocycles. The van der Waals surface area contributed by atoms with E-state index in [0.29, 0.717) is 12.4 Å². The standard InChI is InChI=1S/C23H28N4O2/c1-24-23(25-15-7-6-8-18-11-13-21(28-2)14-12-18)26-16-20-17-29-22(27-20)19-9-4-3-5-10-19/h3-5,9-14,17H,6-8,15-16H2,1-2H3,(H2,24,25,26). The summed E-state index contributed by atoms with van der Waals surface area (Å²) in [5, 5.41) is 6.62. The zero-order valence-corrected chi connectivity index (χ0v) is 17.0. The lowest BCUT2D eigenvalue weighted by atomic mass is 10.1. The van der Waals surface area contributed by atoms with E-state index < -0.39 is 0 Å². The van der Waals surface area contributed by atoms with E-state index >= 15 is 0 Å². The molecule has 3 rings (SSSR count). The highest BCUT2D eigenvalue weighted by atomic mass is 16.5. The molecule has 0 radical (unpaired) electrons. The largest absolute Gasteiger partial charge is 0.497 e. The van der Waals surface area contributed by atoms with Crippen LogP contribution in [0.2, 0.25) is 0 Å². The minimum Gasteiger partial charge on any atom is -0.497 e. The van der Waals surface area contributed by atoms with Gasteiger partial charge in [0.05, 0.1) is 19.3 Å². The molecule has 0 aliphatic rings. The first-order valence-corrected chi connectivity index (χ1v) is 9.86. The van der Waals surface area contributed by atoms with Gasteiger partial charge in [0, 0.05) is 19.2 Å². The number of aromatic nitrogens is 1. The third-order valence-electron chi connectivity index (χ3n) is 4.58. The molecule has 0 bridgehead atoms. The highest BCUT2D eigenvalue weighted by Gasteiger charge is 2.07. The molecule has 1 aromatic heterocycles. The molecule has 2 N–H and O–H groups in total. The number of guanidine groups is 1. The van der Waals surface area contributed by atoms with Crippen LogP contribution in [0.15, 0.2) is 70.3 Å². The van der Waals surface area contributed by atoms with Crippen molar-refractivity contribution in [1.29, 1.82) is 0 Å². The lowest BCUT2D eigenvalue weighted by Gasteiger charge is -2.10. The molecule has 0 aliphatic carbocycles. The van der Waals surface area contributed by atoms with E-state index in [0.717, 1.165) is 48.8 Å². The minimum atomic E-state index is 0.557. The number of unbranched alkanes of at least 4 members (excludes halogenated alkanes) is 1. The highest BCUT2D eigenvalue weighted by molar-refractivity contribution is 5.79. The first-order chi connectivity index (χ1) is 14.3. The summed E-state index contributed by atoms with van der Waals surface area (Å²) in [6.07, 6.45) is 4.91. The molecule has 0 atom stereocenters. The van der Waals surface area contributed by atoms with Crippen molar-refractivity contribution >= 4 is 5.96 Å². The Morgan fingerprint density at radius 3 is 2.55 bits per heavy atom. The number of hydrogen-bond donors (Lipinski definition) is 2. The molecule has 6 heteroatoms. The summed E-state index contributed by atoms with van der Waals surface area (Å²) in [4.78, 5) is 8.79. The Hall–Kier alpha value is -3.28. The van der Waals surface area contributed by atoms with Crippen LogP contribution in [-0.4, -0.2) is 31.6 Å². The van der Waals surface area contributed by atoms with Gasteiger partial charge in [0.2, 0.25) is 5.89 Å². The van der Waals surface area contributed by atoms with Crippen molar-refractivity contribution in [2.45, 2.75) is 25.8 Å². The topological polar surface area (TPSA) is 71.7 Å². The fourth-order valence-electron chi connectivity index (χ4n) is 2.95. The van der Waals surface area contributed by atoms with E-state index in [4.69, 9.17) is 9.15 Å². The number of benzene rings is 2. The summed E-state index contributed by atoms with van der Waals surface area (Å²) in [5.41, 5.74) is 3.14. The molecule has 0 aliphatic heterocycles. The van der Waals surface area contributed by atoms with E-state index in [-0.39, 0.29) is 0 Å². The molecule has 0 unspecified atom stereocenters. The van der Waals surface area contributed by atoms with Gasteiger partial charge in [0.15, 0.2) is 5.96 Å².